The number of nitrogens with zero attached hydrogens (tertiary/aromatic N) is 1. The van der Waals surface area contributed by atoms with E-state index in [-0.39, 0.29) is 22.2 Å². The smallest absolute Gasteiger partial charge is 0.294 e. The summed E-state index contributed by atoms with van der Waals surface area (Å²) in [5.41, 5.74) is 0.849. The average molecular weight is 428 g/mol. The third-order valence-electron chi connectivity index (χ3n) is 4.94. The molecule has 2 aromatic carbocycles. The Kier molecular flexibility index (Phi) is 5.61. The van der Waals surface area contributed by atoms with E-state index >= 15 is 0 Å². The predicted molar refractivity (Wildman–Crippen MR) is 113 cm³/mol. The normalized spacial score (nSPS) is 19.1. The van der Waals surface area contributed by atoms with Crippen LogP contribution in [-0.2, 0) is 9.59 Å². The zero-order valence-corrected chi connectivity index (χ0v) is 17.3. The van der Waals surface area contributed by atoms with Gasteiger partial charge in [-0.3, -0.25) is 19.3 Å². The Morgan fingerprint density at radius 3 is 2.48 bits per heavy atom. The Morgan fingerprint density at radius 1 is 1.17 bits per heavy atom. The number of imide groups is 1. The van der Waals surface area contributed by atoms with Crippen LogP contribution in [0.1, 0.15) is 30.0 Å². The van der Waals surface area contributed by atoms with Crippen LogP contribution in [0.2, 0.25) is 0 Å². The molecule has 0 radical (unpaired) electrons. The van der Waals surface area contributed by atoms with E-state index in [4.69, 9.17) is 0 Å². The van der Waals surface area contributed by atoms with E-state index in [0.717, 1.165) is 27.1 Å². The zero-order valence-electron chi connectivity index (χ0n) is 15.6. The summed E-state index contributed by atoms with van der Waals surface area (Å²) < 4.78 is 14.5. The minimum atomic E-state index is -1.22. The van der Waals surface area contributed by atoms with Gasteiger partial charge in [0.05, 0.1) is 4.91 Å². The van der Waals surface area contributed by atoms with Gasteiger partial charge < -0.3 is 0 Å². The van der Waals surface area contributed by atoms with Gasteiger partial charge in [-0.1, -0.05) is 30.3 Å². The molecule has 0 spiro atoms. The van der Waals surface area contributed by atoms with Gasteiger partial charge in [-0.05, 0) is 60.7 Å². The second kappa shape index (κ2) is 8.16. The van der Waals surface area contributed by atoms with E-state index in [1.165, 1.54) is 18.2 Å². The summed E-state index contributed by atoms with van der Waals surface area (Å²) in [6.07, 6.45) is 5.02. The SMILES string of the molecule is CSc1ccc(/C=C2\SC(=O)N(C(C(=O)C3CC3)c3ccccc3F)C2=O)cc1. The molecule has 1 aliphatic heterocycles. The topological polar surface area (TPSA) is 54.5 Å². The Morgan fingerprint density at radius 2 is 1.86 bits per heavy atom. The fourth-order valence-electron chi connectivity index (χ4n) is 3.26. The van der Waals surface area contributed by atoms with Gasteiger partial charge in [-0.2, -0.15) is 0 Å². The molecule has 1 saturated heterocycles. The van der Waals surface area contributed by atoms with Crippen molar-refractivity contribution in [3.8, 4) is 0 Å². The maximum absolute atomic E-state index is 14.5. The maximum Gasteiger partial charge on any atom is 0.294 e. The number of ketones is 1. The van der Waals surface area contributed by atoms with Crippen LogP contribution in [0.5, 0.6) is 0 Å². The number of Topliss-reactive ketones (excluding diaryl/α,β-unsaturated/α-hetero) is 1. The zero-order chi connectivity index (χ0) is 20.5. The minimum absolute atomic E-state index is 0.0669. The quantitative estimate of drug-likeness (QED) is 0.462. The summed E-state index contributed by atoms with van der Waals surface area (Å²) in [6, 6.07) is 12.2. The van der Waals surface area contributed by atoms with Crippen molar-refractivity contribution in [2.45, 2.75) is 23.8 Å². The first kappa shape index (κ1) is 19.9. The number of rotatable bonds is 6. The van der Waals surface area contributed by atoms with Crippen molar-refractivity contribution in [2.75, 3.05) is 6.26 Å². The summed E-state index contributed by atoms with van der Waals surface area (Å²) in [7, 11) is 0. The number of halogens is 1. The largest absolute Gasteiger partial charge is 0.297 e. The van der Waals surface area contributed by atoms with E-state index in [1.54, 1.807) is 23.9 Å². The Hall–Kier alpha value is -2.38. The molecule has 0 bridgehead atoms. The summed E-state index contributed by atoms with van der Waals surface area (Å²) in [5, 5.41) is -0.552. The average Bonchev–Trinajstić information content (AvgIpc) is 3.53. The molecule has 1 saturated carbocycles. The molecule has 4 nitrogen and oxygen atoms in total. The first-order valence-electron chi connectivity index (χ1n) is 9.19. The minimum Gasteiger partial charge on any atom is -0.297 e. The van der Waals surface area contributed by atoms with Gasteiger partial charge in [0.1, 0.15) is 11.9 Å². The van der Waals surface area contributed by atoms with E-state index in [1.807, 2.05) is 30.5 Å². The van der Waals surface area contributed by atoms with Crippen LogP contribution >= 0.6 is 23.5 Å². The van der Waals surface area contributed by atoms with Crippen LogP contribution in [-0.4, -0.2) is 28.1 Å². The molecule has 4 rings (SSSR count). The van der Waals surface area contributed by atoms with E-state index in [9.17, 15) is 18.8 Å². The predicted octanol–water partition coefficient (Wildman–Crippen LogP) is 5.30. The second-order valence-electron chi connectivity index (χ2n) is 6.93. The Labute approximate surface area is 176 Å². The van der Waals surface area contributed by atoms with Gasteiger partial charge in [0, 0.05) is 16.4 Å². The molecule has 0 N–H and O–H groups in total. The van der Waals surface area contributed by atoms with Gasteiger partial charge >= 0.3 is 0 Å². The highest BCUT2D eigenvalue weighted by molar-refractivity contribution is 8.18. The molecular formula is C22H18FNO3S2. The van der Waals surface area contributed by atoms with Gasteiger partial charge in [0.25, 0.3) is 11.1 Å². The lowest BCUT2D eigenvalue weighted by molar-refractivity contribution is -0.133. The molecule has 1 aliphatic carbocycles. The molecule has 148 valence electrons. The molecule has 2 aliphatic rings. The van der Waals surface area contributed by atoms with E-state index in [2.05, 4.69) is 0 Å². The molecule has 1 atom stereocenters. The molecule has 7 heteroatoms. The first-order valence-corrected chi connectivity index (χ1v) is 11.2. The lowest BCUT2D eigenvalue weighted by Crippen LogP contribution is -2.38. The number of amides is 2. The highest BCUT2D eigenvalue weighted by Gasteiger charge is 2.47. The van der Waals surface area contributed by atoms with Gasteiger partial charge in [0.15, 0.2) is 5.78 Å². The number of hydrogen-bond donors (Lipinski definition) is 0. The van der Waals surface area contributed by atoms with Crippen molar-refractivity contribution in [1.29, 1.82) is 0 Å². The van der Waals surface area contributed by atoms with Crippen LogP contribution in [0.15, 0.2) is 58.3 Å². The van der Waals surface area contributed by atoms with Crippen LogP contribution in [0.25, 0.3) is 6.08 Å². The summed E-state index contributed by atoms with van der Waals surface area (Å²) >= 11 is 2.39. The molecule has 2 amide bonds. The van der Waals surface area contributed by atoms with Crippen molar-refractivity contribution >= 4 is 46.5 Å². The summed E-state index contributed by atoms with van der Waals surface area (Å²) in [5.74, 6) is -1.65. The molecule has 29 heavy (non-hydrogen) atoms. The third kappa shape index (κ3) is 4.02. The molecular weight excluding hydrogens is 409 g/mol. The van der Waals surface area contributed by atoms with Crippen LogP contribution in [0, 0.1) is 11.7 Å². The fourth-order valence-corrected chi connectivity index (χ4v) is 4.53. The Balaban J connectivity index is 1.69. The van der Waals surface area contributed by atoms with Crippen molar-refractivity contribution in [2.24, 2.45) is 5.92 Å². The number of thioether (sulfide) groups is 2. The van der Waals surface area contributed by atoms with Crippen molar-refractivity contribution in [3.05, 3.63) is 70.4 Å². The lowest BCUT2D eigenvalue weighted by atomic mass is 9.97. The van der Waals surface area contributed by atoms with Crippen molar-refractivity contribution in [1.82, 2.24) is 4.90 Å². The van der Waals surface area contributed by atoms with Gasteiger partial charge in [0.2, 0.25) is 0 Å². The molecule has 1 heterocycles. The fraction of sp³-hybridized carbons (Fsp3) is 0.227. The molecule has 0 aromatic heterocycles. The van der Waals surface area contributed by atoms with Crippen LogP contribution < -0.4 is 0 Å². The van der Waals surface area contributed by atoms with Crippen molar-refractivity contribution < 1.29 is 18.8 Å². The monoisotopic (exact) mass is 427 g/mol. The lowest BCUT2D eigenvalue weighted by Gasteiger charge is -2.25. The first-order chi connectivity index (χ1) is 14.0. The van der Waals surface area contributed by atoms with Gasteiger partial charge in [-0.25, -0.2) is 4.39 Å². The van der Waals surface area contributed by atoms with Gasteiger partial charge in [-0.15, -0.1) is 11.8 Å². The number of benzene rings is 2. The maximum atomic E-state index is 14.5. The third-order valence-corrected chi connectivity index (χ3v) is 6.57. The number of carbonyl (C=O) groups is 3. The molecule has 2 fully saturated rings. The molecule has 2 aromatic rings. The number of hydrogen-bond acceptors (Lipinski definition) is 5. The van der Waals surface area contributed by atoms with E-state index in [0.29, 0.717) is 12.8 Å². The number of carbonyl (C=O) groups excluding carboxylic acids is 3. The Bertz CT molecular complexity index is 1010. The highest BCUT2D eigenvalue weighted by Crippen LogP contribution is 2.43. The van der Waals surface area contributed by atoms with Crippen molar-refractivity contribution in [3.63, 3.8) is 0 Å². The highest BCUT2D eigenvalue weighted by atomic mass is 32.2. The summed E-state index contributed by atoms with van der Waals surface area (Å²) in [6.45, 7) is 0. The summed E-state index contributed by atoms with van der Waals surface area (Å²) in [4.78, 5) is 40.9. The molecule has 1 unspecified atom stereocenters. The van der Waals surface area contributed by atoms with Crippen LogP contribution in [0.4, 0.5) is 9.18 Å². The van der Waals surface area contributed by atoms with Crippen LogP contribution in [0.3, 0.4) is 0 Å². The standard InChI is InChI=1S/C22H18FNO3S2/c1-28-15-10-6-13(7-11-15)12-18-21(26)24(22(27)29-18)19(20(25)14-8-9-14)16-4-2-3-5-17(16)23/h2-7,10-12,14,19H,8-9H2,1H3/b18-12-. The second-order valence-corrected chi connectivity index (χ2v) is 8.80. The van der Waals surface area contributed by atoms with E-state index < -0.39 is 23.0 Å².